The van der Waals surface area contributed by atoms with E-state index >= 15 is 0 Å². The van der Waals surface area contributed by atoms with E-state index in [4.69, 9.17) is 14.7 Å². The Morgan fingerprint density at radius 3 is 3.05 bits per heavy atom. The molecule has 21 heavy (non-hydrogen) atoms. The van der Waals surface area contributed by atoms with Crippen LogP contribution in [0.15, 0.2) is 9.98 Å². The molecule has 1 aromatic heterocycles. The van der Waals surface area contributed by atoms with Gasteiger partial charge >= 0.3 is 0 Å². The van der Waals surface area contributed by atoms with Gasteiger partial charge in [-0.25, -0.2) is 4.99 Å². The lowest BCUT2D eigenvalue weighted by molar-refractivity contribution is -0.0383. The molecule has 0 saturated heterocycles. The van der Waals surface area contributed by atoms with Crippen molar-refractivity contribution in [1.29, 1.82) is 0 Å². The van der Waals surface area contributed by atoms with Crippen molar-refractivity contribution in [1.82, 2.24) is 4.90 Å². The van der Waals surface area contributed by atoms with Crippen LogP contribution in [0, 0.1) is 0 Å². The van der Waals surface area contributed by atoms with Crippen molar-refractivity contribution >= 4 is 39.1 Å². The Hall–Kier alpha value is -0.850. The summed E-state index contributed by atoms with van der Waals surface area (Å²) in [6.45, 7) is 7.00. The molecule has 112 valence electrons. The van der Waals surface area contributed by atoms with E-state index in [1.807, 2.05) is 0 Å². The van der Waals surface area contributed by atoms with E-state index in [1.54, 1.807) is 23.1 Å². The fraction of sp³-hybridized carbons (Fsp3) is 0.600. The van der Waals surface area contributed by atoms with Crippen LogP contribution in [0.5, 0.6) is 0 Å². The van der Waals surface area contributed by atoms with Crippen LogP contribution in [-0.2, 0) is 17.8 Å². The summed E-state index contributed by atoms with van der Waals surface area (Å²) in [7, 11) is 0. The first-order chi connectivity index (χ1) is 10.1. The third-order valence-electron chi connectivity index (χ3n) is 4.16. The molecule has 4 rings (SSSR count). The summed E-state index contributed by atoms with van der Waals surface area (Å²) in [6.07, 6.45) is 4.15. The van der Waals surface area contributed by atoms with Gasteiger partial charge in [-0.15, -0.1) is 11.3 Å². The highest BCUT2D eigenvalue weighted by atomic mass is 32.2. The second kappa shape index (κ2) is 4.83. The fourth-order valence-corrected chi connectivity index (χ4v) is 4.89. The highest BCUT2D eigenvalue weighted by Gasteiger charge is 2.37. The van der Waals surface area contributed by atoms with E-state index < -0.39 is 0 Å². The summed E-state index contributed by atoms with van der Waals surface area (Å²) < 4.78 is 5.96. The van der Waals surface area contributed by atoms with Gasteiger partial charge in [-0.2, -0.15) is 0 Å². The Morgan fingerprint density at radius 1 is 1.38 bits per heavy atom. The van der Waals surface area contributed by atoms with E-state index in [0.717, 1.165) is 41.9 Å². The molecule has 3 aliphatic heterocycles. The maximum absolute atomic E-state index is 5.96. The van der Waals surface area contributed by atoms with Gasteiger partial charge < -0.3 is 9.64 Å². The molecule has 1 aromatic rings. The fourth-order valence-electron chi connectivity index (χ4n) is 3.16. The zero-order valence-electron chi connectivity index (χ0n) is 12.6. The van der Waals surface area contributed by atoms with Crippen molar-refractivity contribution in [3.05, 3.63) is 16.0 Å². The summed E-state index contributed by atoms with van der Waals surface area (Å²) in [4.78, 5) is 13.4. The molecule has 4 heterocycles. The summed E-state index contributed by atoms with van der Waals surface area (Å²) in [5.41, 5.74) is 2.61. The van der Waals surface area contributed by atoms with Crippen LogP contribution in [0.1, 0.15) is 36.3 Å². The number of aliphatic imine (C=N–C) groups is 2. The number of hydrogen-bond acceptors (Lipinski definition) is 6. The number of hydrogen-bond donors (Lipinski definition) is 0. The van der Waals surface area contributed by atoms with Crippen LogP contribution in [-0.4, -0.2) is 40.8 Å². The van der Waals surface area contributed by atoms with Crippen molar-refractivity contribution in [3.8, 4) is 0 Å². The van der Waals surface area contributed by atoms with Crippen LogP contribution >= 0.6 is 23.1 Å². The van der Waals surface area contributed by atoms with Crippen molar-refractivity contribution in [3.63, 3.8) is 0 Å². The first kappa shape index (κ1) is 13.8. The topological polar surface area (TPSA) is 37.2 Å². The Labute approximate surface area is 133 Å². The predicted molar refractivity (Wildman–Crippen MR) is 90.2 cm³/mol. The highest BCUT2D eigenvalue weighted by molar-refractivity contribution is 8.13. The molecule has 0 unspecified atom stereocenters. The molecular weight excluding hydrogens is 302 g/mol. The number of thioether (sulfide) groups is 1. The molecule has 4 nitrogen and oxygen atoms in total. The minimum atomic E-state index is -0.0919. The molecule has 0 aromatic carbocycles. The Kier molecular flexibility index (Phi) is 3.17. The first-order valence-electron chi connectivity index (χ1n) is 7.32. The van der Waals surface area contributed by atoms with E-state index in [9.17, 15) is 0 Å². The van der Waals surface area contributed by atoms with Gasteiger partial charge in [-0.1, -0.05) is 11.8 Å². The number of nitrogens with zero attached hydrogens (tertiary/aromatic N) is 3. The number of ether oxygens (including phenoxy) is 1. The van der Waals surface area contributed by atoms with Crippen molar-refractivity contribution < 1.29 is 4.74 Å². The number of fused-ring (bicyclic) bond motifs is 5. The minimum Gasteiger partial charge on any atom is -0.370 e. The Bertz CT molecular complexity index is 660. The minimum absolute atomic E-state index is 0.0919. The van der Waals surface area contributed by atoms with Gasteiger partial charge in [0.15, 0.2) is 5.17 Å². The molecule has 3 aliphatic rings. The van der Waals surface area contributed by atoms with Crippen molar-refractivity contribution in [2.24, 2.45) is 9.98 Å². The van der Waals surface area contributed by atoms with Crippen LogP contribution in [0.25, 0.3) is 0 Å². The predicted octanol–water partition coefficient (Wildman–Crippen LogP) is 3.42. The largest absolute Gasteiger partial charge is 0.370 e. The van der Waals surface area contributed by atoms with Gasteiger partial charge in [0.2, 0.25) is 0 Å². The van der Waals surface area contributed by atoms with Gasteiger partial charge in [0, 0.05) is 24.4 Å². The summed E-state index contributed by atoms with van der Waals surface area (Å²) in [5.74, 6) is 1.14. The van der Waals surface area contributed by atoms with Crippen LogP contribution < -0.4 is 0 Å². The monoisotopic (exact) mass is 321 g/mol. The van der Waals surface area contributed by atoms with Gasteiger partial charge in [0.05, 0.1) is 17.8 Å². The molecule has 0 bridgehead atoms. The lowest BCUT2D eigenvalue weighted by Gasteiger charge is -2.34. The maximum atomic E-state index is 5.96. The SMILES string of the molecule is CSC1=Nc2sc3c(c2C2=NCCCN12)CC(C)(C)OC3. The van der Waals surface area contributed by atoms with Crippen LogP contribution in [0.2, 0.25) is 0 Å². The van der Waals surface area contributed by atoms with Crippen molar-refractivity contribution in [2.75, 3.05) is 19.3 Å². The van der Waals surface area contributed by atoms with E-state index in [1.165, 1.54) is 16.0 Å². The average Bonchev–Trinajstić information content (AvgIpc) is 2.83. The van der Waals surface area contributed by atoms with E-state index in [0.29, 0.717) is 6.61 Å². The smallest absolute Gasteiger partial charge is 0.170 e. The number of thiophene rings is 1. The average molecular weight is 321 g/mol. The third kappa shape index (κ3) is 2.15. The van der Waals surface area contributed by atoms with Gasteiger partial charge in [-0.05, 0) is 32.1 Å². The molecule has 0 saturated carbocycles. The normalized spacial score (nSPS) is 22.9. The van der Waals surface area contributed by atoms with Gasteiger partial charge in [-0.3, -0.25) is 4.99 Å². The standard InChI is InChI=1S/C15H19N3OS2/c1-15(2)7-9-10(8-19-15)21-13-11(9)12-16-5-4-6-18(12)14(17-13)20-3/h4-8H2,1-3H3. The molecule has 0 radical (unpaired) electrons. The maximum Gasteiger partial charge on any atom is 0.170 e. The number of amidine groups is 2. The zero-order chi connectivity index (χ0) is 14.6. The van der Waals surface area contributed by atoms with Crippen molar-refractivity contribution in [2.45, 2.75) is 38.9 Å². The summed E-state index contributed by atoms with van der Waals surface area (Å²) in [5, 5.41) is 2.21. The lowest BCUT2D eigenvalue weighted by Crippen LogP contribution is -2.42. The van der Waals surface area contributed by atoms with Gasteiger partial charge in [0.1, 0.15) is 10.8 Å². The second-order valence-electron chi connectivity index (χ2n) is 6.22. The molecule has 0 fully saturated rings. The number of rotatable bonds is 0. The summed E-state index contributed by atoms with van der Waals surface area (Å²) in [6, 6.07) is 0. The van der Waals surface area contributed by atoms with Crippen LogP contribution in [0.4, 0.5) is 5.00 Å². The molecule has 0 amide bonds. The zero-order valence-corrected chi connectivity index (χ0v) is 14.2. The van der Waals surface area contributed by atoms with E-state index in [-0.39, 0.29) is 5.60 Å². The summed E-state index contributed by atoms with van der Waals surface area (Å²) >= 11 is 3.49. The van der Waals surface area contributed by atoms with Crippen LogP contribution in [0.3, 0.4) is 0 Å². The molecule has 0 N–H and O–H groups in total. The molecular formula is C15H19N3OS2. The molecule has 0 aliphatic carbocycles. The molecule has 0 atom stereocenters. The quantitative estimate of drug-likeness (QED) is 0.735. The van der Waals surface area contributed by atoms with E-state index in [2.05, 4.69) is 25.0 Å². The second-order valence-corrected chi connectivity index (χ2v) is 8.08. The Balaban J connectivity index is 1.90. The molecule has 6 heteroatoms. The van der Waals surface area contributed by atoms with Gasteiger partial charge in [0.25, 0.3) is 0 Å². The lowest BCUT2D eigenvalue weighted by atomic mass is 9.92. The first-order valence-corrected chi connectivity index (χ1v) is 9.37. The third-order valence-corrected chi connectivity index (χ3v) is 5.94. The molecule has 0 spiro atoms. The Morgan fingerprint density at radius 2 is 2.24 bits per heavy atom. The highest BCUT2D eigenvalue weighted by Crippen LogP contribution is 2.45.